The second kappa shape index (κ2) is 6.84. The molecule has 2 rings (SSSR count). The number of hydrogen-bond donors (Lipinski definition) is 2. The van der Waals surface area contributed by atoms with E-state index in [0.29, 0.717) is 5.56 Å². The van der Waals surface area contributed by atoms with E-state index in [0.717, 1.165) is 16.9 Å². The van der Waals surface area contributed by atoms with Crippen molar-refractivity contribution in [1.82, 2.24) is 10.6 Å². The van der Waals surface area contributed by atoms with E-state index in [1.165, 1.54) is 10.4 Å². The predicted molar refractivity (Wildman–Crippen MR) is 82.4 cm³/mol. The smallest absolute Gasteiger partial charge is 0.251 e. The summed E-state index contributed by atoms with van der Waals surface area (Å²) in [6.45, 7) is 1.65. The summed E-state index contributed by atoms with van der Waals surface area (Å²) in [6, 6.07) is 11.8. The summed E-state index contributed by atoms with van der Waals surface area (Å²) < 4.78 is 1.15. The second-order valence-electron chi connectivity index (χ2n) is 4.09. The fourth-order valence-electron chi connectivity index (χ4n) is 1.70. The van der Waals surface area contributed by atoms with Crippen molar-refractivity contribution < 1.29 is 4.79 Å². The first-order chi connectivity index (χ1) is 9.19. The van der Waals surface area contributed by atoms with Crippen LogP contribution in [0.25, 0.3) is 0 Å². The van der Waals surface area contributed by atoms with Gasteiger partial charge in [-0.05, 0) is 45.8 Å². The van der Waals surface area contributed by atoms with E-state index in [-0.39, 0.29) is 5.91 Å². The lowest BCUT2D eigenvalue weighted by Crippen LogP contribution is -2.18. The number of hydrogen-bond acceptors (Lipinski definition) is 3. The molecule has 0 aliphatic heterocycles. The van der Waals surface area contributed by atoms with Gasteiger partial charge in [0.15, 0.2) is 0 Å². The van der Waals surface area contributed by atoms with Crippen LogP contribution in [-0.2, 0) is 13.1 Å². The Balaban J connectivity index is 1.84. The maximum absolute atomic E-state index is 11.4. The molecule has 1 aromatic carbocycles. The van der Waals surface area contributed by atoms with E-state index in [2.05, 4.69) is 38.7 Å². The quantitative estimate of drug-likeness (QED) is 0.879. The number of thiophene rings is 1. The van der Waals surface area contributed by atoms with E-state index in [4.69, 9.17) is 0 Å². The Morgan fingerprint density at radius 3 is 2.47 bits per heavy atom. The Labute approximate surface area is 125 Å². The van der Waals surface area contributed by atoms with E-state index in [9.17, 15) is 4.79 Å². The number of carbonyl (C=O) groups is 1. The number of carbonyl (C=O) groups excluding carboxylic acids is 1. The van der Waals surface area contributed by atoms with Gasteiger partial charge in [0.25, 0.3) is 5.91 Å². The first-order valence-electron chi connectivity index (χ1n) is 5.95. The summed E-state index contributed by atoms with van der Waals surface area (Å²) in [5.41, 5.74) is 1.86. The lowest BCUT2D eigenvalue weighted by molar-refractivity contribution is 0.0963. The normalized spacial score (nSPS) is 10.4. The molecule has 100 valence electrons. The Bertz CT molecular complexity index is 551. The van der Waals surface area contributed by atoms with Gasteiger partial charge in [0.2, 0.25) is 0 Å². The van der Waals surface area contributed by atoms with E-state index in [1.54, 1.807) is 18.4 Å². The third-order valence-electron chi connectivity index (χ3n) is 2.70. The molecular formula is C14H15BrN2OS. The van der Waals surface area contributed by atoms with Gasteiger partial charge in [0.05, 0.1) is 3.79 Å². The number of nitrogens with one attached hydrogen (secondary N) is 2. The highest BCUT2D eigenvalue weighted by molar-refractivity contribution is 9.11. The minimum absolute atomic E-state index is 0.0528. The van der Waals surface area contributed by atoms with Crippen molar-refractivity contribution in [3.8, 4) is 0 Å². The average Bonchev–Trinajstić information content (AvgIpc) is 2.84. The van der Waals surface area contributed by atoms with Crippen molar-refractivity contribution in [1.29, 1.82) is 0 Å². The van der Waals surface area contributed by atoms with Crippen LogP contribution < -0.4 is 10.6 Å². The van der Waals surface area contributed by atoms with Crippen molar-refractivity contribution in [2.45, 2.75) is 13.1 Å². The summed E-state index contributed by atoms with van der Waals surface area (Å²) >= 11 is 5.18. The summed E-state index contributed by atoms with van der Waals surface area (Å²) in [6.07, 6.45) is 0. The predicted octanol–water partition coefficient (Wildman–Crippen LogP) is 3.16. The highest BCUT2D eigenvalue weighted by atomic mass is 79.9. The Morgan fingerprint density at radius 1 is 1.16 bits per heavy atom. The zero-order chi connectivity index (χ0) is 13.7. The molecule has 0 spiro atoms. The Hall–Kier alpha value is -1.17. The van der Waals surface area contributed by atoms with Gasteiger partial charge in [-0.25, -0.2) is 0 Å². The van der Waals surface area contributed by atoms with Crippen molar-refractivity contribution in [2.24, 2.45) is 0 Å². The van der Waals surface area contributed by atoms with Crippen molar-refractivity contribution in [3.63, 3.8) is 0 Å². The molecule has 1 aromatic heterocycles. The molecule has 0 saturated carbocycles. The summed E-state index contributed by atoms with van der Waals surface area (Å²) in [5.74, 6) is -0.0528. The molecule has 0 radical (unpaired) electrons. The van der Waals surface area contributed by atoms with Crippen LogP contribution in [0.2, 0.25) is 0 Å². The maximum Gasteiger partial charge on any atom is 0.251 e. The maximum atomic E-state index is 11.4. The summed E-state index contributed by atoms with van der Waals surface area (Å²) in [5, 5.41) is 5.99. The van der Waals surface area contributed by atoms with Crippen LogP contribution >= 0.6 is 27.3 Å². The largest absolute Gasteiger partial charge is 0.355 e. The molecule has 0 unspecified atom stereocenters. The van der Waals surface area contributed by atoms with E-state index >= 15 is 0 Å². The molecule has 2 N–H and O–H groups in total. The van der Waals surface area contributed by atoms with Crippen molar-refractivity contribution in [2.75, 3.05) is 7.05 Å². The van der Waals surface area contributed by atoms with Crippen LogP contribution in [0.15, 0.2) is 40.2 Å². The third-order valence-corrected chi connectivity index (χ3v) is 4.32. The molecule has 0 atom stereocenters. The monoisotopic (exact) mass is 338 g/mol. The molecule has 0 fully saturated rings. The van der Waals surface area contributed by atoms with Gasteiger partial charge in [-0.2, -0.15) is 0 Å². The molecule has 3 nitrogen and oxygen atoms in total. The number of amides is 1. The average molecular weight is 339 g/mol. The van der Waals surface area contributed by atoms with Crippen molar-refractivity contribution >= 4 is 33.2 Å². The minimum atomic E-state index is -0.0528. The zero-order valence-electron chi connectivity index (χ0n) is 10.6. The topological polar surface area (TPSA) is 41.1 Å². The van der Waals surface area contributed by atoms with Gasteiger partial charge >= 0.3 is 0 Å². The van der Waals surface area contributed by atoms with Crippen LogP contribution in [0, 0.1) is 0 Å². The summed E-state index contributed by atoms with van der Waals surface area (Å²) in [4.78, 5) is 12.7. The molecule has 19 heavy (non-hydrogen) atoms. The molecular weight excluding hydrogens is 324 g/mol. The van der Waals surface area contributed by atoms with Crippen LogP contribution in [0.4, 0.5) is 0 Å². The second-order valence-corrected chi connectivity index (χ2v) is 6.63. The number of rotatable bonds is 5. The molecule has 2 aromatic rings. The van der Waals surface area contributed by atoms with Gasteiger partial charge in [-0.3, -0.25) is 4.79 Å². The zero-order valence-corrected chi connectivity index (χ0v) is 13.0. The first-order valence-corrected chi connectivity index (χ1v) is 7.56. The molecule has 0 aliphatic carbocycles. The first kappa shape index (κ1) is 14.2. The third kappa shape index (κ3) is 4.16. The molecule has 0 saturated heterocycles. The molecule has 1 amide bonds. The standard InChI is InChI=1S/C14H15BrN2OS/c1-16-14(18)11-4-2-10(3-5-11)8-17-9-12-6-7-13(15)19-12/h2-7,17H,8-9H2,1H3,(H,16,18). The highest BCUT2D eigenvalue weighted by Crippen LogP contribution is 2.21. The SMILES string of the molecule is CNC(=O)c1ccc(CNCc2ccc(Br)s2)cc1. The number of benzene rings is 1. The molecule has 0 bridgehead atoms. The highest BCUT2D eigenvalue weighted by Gasteiger charge is 2.02. The number of halogens is 1. The molecule has 0 aliphatic rings. The lowest BCUT2D eigenvalue weighted by atomic mass is 10.1. The van der Waals surface area contributed by atoms with Gasteiger partial charge in [0, 0.05) is 30.6 Å². The van der Waals surface area contributed by atoms with Gasteiger partial charge in [-0.15, -0.1) is 11.3 Å². The van der Waals surface area contributed by atoms with Gasteiger partial charge in [-0.1, -0.05) is 12.1 Å². The van der Waals surface area contributed by atoms with E-state index in [1.807, 2.05) is 24.3 Å². The van der Waals surface area contributed by atoms with Crippen LogP contribution in [0.1, 0.15) is 20.8 Å². The van der Waals surface area contributed by atoms with Crippen LogP contribution in [0.5, 0.6) is 0 Å². The molecule has 1 heterocycles. The minimum Gasteiger partial charge on any atom is -0.355 e. The Kier molecular flexibility index (Phi) is 5.13. The lowest BCUT2D eigenvalue weighted by Gasteiger charge is -2.05. The van der Waals surface area contributed by atoms with E-state index < -0.39 is 0 Å². The van der Waals surface area contributed by atoms with Crippen LogP contribution in [-0.4, -0.2) is 13.0 Å². The Morgan fingerprint density at radius 2 is 1.89 bits per heavy atom. The van der Waals surface area contributed by atoms with Gasteiger partial charge in [0.1, 0.15) is 0 Å². The fraction of sp³-hybridized carbons (Fsp3) is 0.214. The summed E-state index contributed by atoms with van der Waals surface area (Å²) in [7, 11) is 1.64. The van der Waals surface area contributed by atoms with Gasteiger partial charge < -0.3 is 10.6 Å². The fourth-order valence-corrected chi connectivity index (χ4v) is 3.15. The van der Waals surface area contributed by atoms with Crippen LogP contribution in [0.3, 0.4) is 0 Å². The molecule has 5 heteroatoms. The van der Waals surface area contributed by atoms with Crippen molar-refractivity contribution in [3.05, 3.63) is 56.2 Å².